The number of ether oxygens (including phenoxy) is 1. The third-order valence-electron chi connectivity index (χ3n) is 4.98. The van der Waals surface area contributed by atoms with Crippen LogP contribution in [0.2, 0.25) is 0 Å². The zero-order chi connectivity index (χ0) is 22.9. The number of aromatic nitrogens is 4. The standard InChI is InChI=1S/C21H24F2N4O4/c1-5-31-20(29)13(4)26-11-24-18-17(26)19(28)25(9-8-12(2)3)21(30)27(18)16-7-6-14(22)10-15(16)23/h6-7,10-13H,5,8-9H2,1-4H3. The van der Waals surface area contributed by atoms with Crippen LogP contribution < -0.4 is 11.2 Å². The summed E-state index contributed by atoms with van der Waals surface area (Å²) in [5, 5.41) is 0. The Morgan fingerprint density at radius 3 is 2.52 bits per heavy atom. The Morgan fingerprint density at radius 1 is 1.19 bits per heavy atom. The average Bonchev–Trinajstić information content (AvgIpc) is 3.13. The molecule has 0 saturated carbocycles. The molecule has 3 rings (SSSR count). The van der Waals surface area contributed by atoms with Crippen molar-refractivity contribution in [1.29, 1.82) is 0 Å². The third-order valence-corrected chi connectivity index (χ3v) is 4.98. The minimum atomic E-state index is -0.981. The van der Waals surface area contributed by atoms with E-state index in [4.69, 9.17) is 4.74 Å². The van der Waals surface area contributed by atoms with Crippen molar-refractivity contribution >= 4 is 17.1 Å². The molecule has 2 heterocycles. The molecule has 0 bridgehead atoms. The highest BCUT2D eigenvalue weighted by Crippen LogP contribution is 2.20. The van der Waals surface area contributed by atoms with Crippen LogP contribution in [0.4, 0.5) is 8.78 Å². The summed E-state index contributed by atoms with van der Waals surface area (Å²) in [7, 11) is 0. The molecule has 0 radical (unpaired) electrons. The summed E-state index contributed by atoms with van der Waals surface area (Å²) >= 11 is 0. The smallest absolute Gasteiger partial charge is 0.337 e. The van der Waals surface area contributed by atoms with Crippen molar-refractivity contribution in [2.75, 3.05) is 6.61 Å². The number of hydrogen-bond donors (Lipinski definition) is 0. The molecule has 0 aliphatic carbocycles. The Kier molecular flexibility index (Phi) is 6.37. The zero-order valence-corrected chi connectivity index (χ0v) is 17.8. The molecular formula is C21H24F2N4O4. The van der Waals surface area contributed by atoms with Gasteiger partial charge in [0.25, 0.3) is 5.56 Å². The summed E-state index contributed by atoms with van der Waals surface area (Å²) in [5.41, 5.74) is -1.86. The van der Waals surface area contributed by atoms with Gasteiger partial charge in [-0.15, -0.1) is 0 Å². The number of hydrogen-bond acceptors (Lipinski definition) is 5. The maximum absolute atomic E-state index is 14.6. The Bertz CT molecular complexity index is 1240. The van der Waals surface area contributed by atoms with Gasteiger partial charge in [0, 0.05) is 12.6 Å². The molecule has 1 unspecified atom stereocenters. The lowest BCUT2D eigenvalue weighted by Crippen LogP contribution is -2.41. The van der Waals surface area contributed by atoms with Crippen LogP contribution >= 0.6 is 0 Å². The Balaban J connectivity index is 2.36. The normalized spacial score (nSPS) is 12.5. The van der Waals surface area contributed by atoms with Gasteiger partial charge < -0.3 is 9.30 Å². The highest BCUT2D eigenvalue weighted by Gasteiger charge is 2.25. The molecule has 0 N–H and O–H groups in total. The fourth-order valence-electron chi connectivity index (χ4n) is 3.28. The molecule has 31 heavy (non-hydrogen) atoms. The quantitative estimate of drug-likeness (QED) is 0.534. The molecule has 10 heteroatoms. The van der Waals surface area contributed by atoms with Gasteiger partial charge in [-0.2, -0.15) is 0 Å². The largest absolute Gasteiger partial charge is 0.464 e. The van der Waals surface area contributed by atoms with Crippen molar-refractivity contribution < 1.29 is 18.3 Å². The first-order chi connectivity index (χ1) is 14.7. The molecule has 3 aromatic rings. The van der Waals surface area contributed by atoms with Gasteiger partial charge >= 0.3 is 11.7 Å². The Hall–Kier alpha value is -3.30. The van der Waals surface area contributed by atoms with E-state index in [0.717, 1.165) is 21.3 Å². The molecule has 1 atom stereocenters. The topological polar surface area (TPSA) is 88.1 Å². The highest BCUT2D eigenvalue weighted by molar-refractivity contribution is 5.79. The second kappa shape index (κ2) is 8.83. The minimum absolute atomic E-state index is 0.0485. The van der Waals surface area contributed by atoms with Crippen LogP contribution in [0.3, 0.4) is 0 Å². The molecular weight excluding hydrogens is 410 g/mol. The first kappa shape index (κ1) is 22.4. The Labute approximate surface area is 176 Å². The number of esters is 1. The Morgan fingerprint density at radius 2 is 1.90 bits per heavy atom. The number of benzene rings is 1. The number of nitrogens with zero attached hydrogens (tertiary/aromatic N) is 4. The SMILES string of the molecule is CCOC(=O)C(C)n1cnc2c1c(=O)n(CCC(C)C)c(=O)n2-c1ccc(F)cc1F. The van der Waals surface area contributed by atoms with E-state index in [1.165, 1.54) is 17.8 Å². The van der Waals surface area contributed by atoms with E-state index >= 15 is 0 Å². The van der Waals surface area contributed by atoms with Crippen LogP contribution in [0.15, 0.2) is 34.1 Å². The number of imidazole rings is 1. The van der Waals surface area contributed by atoms with Gasteiger partial charge in [-0.3, -0.25) is 9.36 Å². The molecule has 1 aromatic carbocycles. The second-order valence-corrected chi connectivity index (χ2v) is 7.61. The lowest BCUT2D eigenvalue weighted by Gasteiger charge is -2.16. The summed E-state index contributed by atoms with van der Waals surface area (Å²) in [6, 6.07) is 1.87. The fourth-order valence-corrected chi connectivity index (χ4v) is 3.28. The van der Waals surface area contributed by atoms with Crippen molar-refractivity contribution in [3.05, 3.63) is 57.0 Å². The summed E-state index contributed by atoms with van der Waals surface area (Å²) in [6.07, 6.45) is 1.76. The van der Waals surface area contributed by atoms with Crippen molar-refractivity contribution in [1.82, 2.24) is 18.7 Å². The highest BCUT2D eigenvalue weighted by atomic mass is 19.1. The van der Waals surface area contributed by atoms with Crippen LogP contribution in [-0.4, -0.2) is 31.3 Å². The molecule has 2 aromatic heterocycles. The van der Waals surface area contributed by atoms with Crippen LogP contribution in [0.5, 0.6) is 0 Å². The van der Waals surface area contributed by atoms with Crippen molar-refractivity contribution in [2.45, 2.75) is 46.7 Å². The number of carbonyl (C=O) groups is 1. The molecule has 0 spiro atoms. The number of carbonyl (C=O) groups excluding carboxylic acids is 1. The van der Waals surface area contributed by atoms with E-state index in [1.807, 2.05) is 13.8 Å². The summed E-state index contributed by atoms with van der Waals surface area (Å²) in [5.74, 6) is -2.17. The van der Waals surface area contributed by atoms with Gasteiger partial charge in [0.2, 0.25) is 0 Å². The van der Waals surface area contributed by atoms with Crippen LogP contribution in [0.1, 0.15) is 40.2 Å². The van der Waals surface area contributed by atoms with Gasteiger partial charge in [0.05, 0.1) is 18.6 Å². The lowest BCUT2D eigenvalue weighted by atomic mass is 10.1. The van der Waals surface area contributed by atoms with Crippen LogP contribution in [-0.2, 0) is 16.1 Å². The van der Waals surface area contributed by atoms with Gasteiger partial charge in [0.1, 0.15) is 17.7 Å². The third kappa shape index (κ3) is 4.14. The predicted octanol–water partition coefficient (Wildman–Crippen LogP) is 2.80. The summed E-state index contributed by atoms with van der Waals surface area (Å²) in [6.45, 7) is 7.31. The number of rotatable bonds is 7. The van der Waals surface area contributed by atoms with E-state index in [9.17, 15) is 23.2 Å². The van der Waals surface area contributed by atoms with Crippen LogP contribution in [0, 0.1) is 17.6 Å². The van der Waals surface area contributed by atoms with E-state index in [1.54, 1.807) is 6.92 Å². The lowest BCUT2D eigenvalue weighted by molar-refractivity contribution is -0.146. The maximum Gasteiger partial charge on any atom is 0.337 e. The van der Waals surface area contributed by atoms with Gasteiger partial charge in [-0.05, 0) is 38.3 Å². The van der Waals surface area contributed by atoms with Gasteiger partial charge in [-0.1, -0.05) is 13.8 Å². The maximum atomic E-state index is 14.6. The predicted molar refractivity (Wildman–Crippen MR) is 110 cm³/mol. The summed E-state index contributed by atoms with van der Waals surface area (Å²) in [4.78, 5) is 42.8. The van der Waals surface area contributed by atoms with E-state index in [0.29, 0.717) is 12.5 Å². The molecule has 0 fully saturated rings. The molecule has 0 aliphatic heterocycles. The van der Waals surface area contributed by atoms with E-state index in [2.05, 4.69) is 4.98 Å². The first-order valence-electron chi connectivity index (χ1n) is 10.0. The van der Waals surface area contributed by atoms with Gasteiger partial charge in [-0.25, -0.2) is 27.9 Å². The van der Waals surface area contributed by atoms with Crippen molar-refractivity contribution in [3.8, 4) is 5.69 Å². The van der Waals surface area contributed by atoms with Crippen LogP contribution in [0.25, 0.3) is 16.9 Å². The zero-order valence-electron chi connectivity index (χ0n) is 17.8. The molecule has 0 aliphatic rings. The van der Waals surface area contributed by atoms with E-state index in [-0.39, 0.29) is 35.9 Å². The number of fused-ring (bicyclic) bond motifs is 1. The van der Waals surface area contributed by atoms with E-state index < -0.39 is 34.9 Å². The second-order valence-electron chi connectivity index (χ2n) is 7.61. The molecule has 0 saturated heterocycles. The van der Waals surface area contributed by atoms with Crippen molar-refractivity contribution in [2.24, 2.45) is 5.92 Å². The fraction of sp³-hybridized carbons (Fsp3) is 0.429. The van der Waals surface area contributed by atoms with Gasteiger partial charge in [0.15, 0.2) is 11.2 Å². The summed E-state index contributed by atoms with van der Waals surface area (Å²) < 4.78 is 36.3. The average molecular weight is 434 g/mol. The van der Waals surface area contributed by atoms with Crippen molar-refractivity contribution in [3.63, 3.8) is 0 Å². The molecule has 0 amide bonds. The number of halogens is 2. The molecule has 166 valence electrons. The first-order valence-corrected chi connectivity index (χ1v) is 10.0. The minimum Gasteiger partial charge on any atom is -0.464 e. The monoisotopic (exact) mass is 434 g/mol. The molecule has 8 nitrogen and oxygen atoms in total.